The second kappa shape index (κ2) is 6.02. The van der Waals surface area contributed by atoms with E-state index in [4.69, 9.17) is 5.73 Å². The van der Waals surface area contributed by atoms with Gasteiger partial charge in [-0.1, -0.05) is 42.5 Å². The molecule has 0 amide bonds. The molecule has 0 spiro atoms. The number of benzene rings is 2. The fourth-order valence-electron chi connectivity index (χ4n) is 3.08. The average molecular weight is 283 g/mol. The van der Waals surface area contributed by atoms with Crippen LogP contribution in [-0.2, 0) is 12.0 Å². The van der Waals surface area contributed by atoms with Gasteiger partial charge in [-0.3, -0.25) is 0 Å². The summed E-state index contributed by atoms with van der Waals surface area (Å²) in [6.07, 6.45) is 4.55. The molecule has 104 valence electrons. The zero-order valence-corrected chi connectivity index (χ0v) is 12.5. The first kappa shape index (κ1) is 13.7. The van der Waals surface area contributed by atoms with Gasteiger partial charge in [0.1, 0.15) is 0 Å². The summed E-state index contributed by atoms with van der Waals surface area (Å²) in [6.45, 7) is 0. The Balaban J connectivity index is 1.68. The molecule has 0 fully saturated rings. The number of rotatable bonds is 4. The average Bonchev–Trinajstić information content (AvgIpc) is 2.49. The van der Waals surface area contributed by atoms with Crippen molar-refractivity contribution in [3.05, 3.63) is 65.7 Å². The van der Waals surface area contributed by atoms with Crippen LogP contribution >= 0.6 is 11.8 Å². The van der Waals surface area contributed by atoms with Crippen molar-refractivity contribution in [1.82, 2.24) is 0 Å². The van der Waals surface area contributed by atoms with E-state index in [2.05, 4.69) is 54.6 Å². The highest BCUT2D eigenvalue weighted by atomic mass is 32.2. The molecule has 2 aromatic carbocycles. The van der Waals surface area contributed by atoms with Crippen molar-refractivity contribution in [2.45, 2.75) is 36.1 Å². The minimum Gasteiger partial charge on any atom is -0.321 e. The maximum absolute atomic E-state index is 6.72. The lowest BCUT2D eigenvalue weighted by molar-refractivity contribution is 0.362. The lowest BCUT2D eigenvalue weighted by Crippen LogP contribution is -2.40. The lowest BCUT2D eigenvalue weighted by atomic mass is 9.76. The molecular weight excluding hydrogens is 262 g/mol. The Kier molecular flexibility index (Phi) is 4.13. The molecule has 0 radical (unpaired) electrons. The molecule has 1 atom stereocenters. The van der Waals surface area contributed by atoms with Gasteiger partial charge in [0.15, 0.2) is 0 Å². The van der Waals surface area contributed by atoms with Gasteiger partial charge in [-0.25, -0.2) is 0 Å². The van der Waals surface area contributed by atoms with Gasteiger partial charge < -0.3 is 5.73 Å². The number of hydrogen-bond donors (Lipinski definition) is 1. The van der Waals surface area contributed by atoms with Gasteiger partial charge in [-0.2, -0.15) is 0 Å². The molecule has 2 heteroatoms. The summed E-state index contributed by atoms with van der Waals surface area (Å²) in [5, 5.41) is 0. The van der Waals surface area contributed by atoms with Gasteiger partial charge in [0, 0.05) is 16.2 Å². The summed E-state index contributed by atoms with van der Waals surface area (Å²) in [6, 6.07) is 19.3. The Hall–Kier alpha value is -1.25. The van der Waals surface area contributed by atoms with E-state index >= 15 is 0 Å². The molecule has 0 aromatic heterocycles. The quantitative estimate of drug-likeness (QED) is 0.844. The van der Waals surface area contributed by atoms with E-state index in [1.54, 1.807) is 0 Å². The predicted molar refractivity (Wildman–Crippen MR) is 87.0 cm³/mol. The Morgan fingerprint density at radius 2 is 1.75 bits per heavy atom. The SMILES string of the molecule is NC1(CCSc2ccccc2)CCCc2ccccc21. The number of hydrogen-bond acceptors (Lipinski definition) is 2. The standard InChI is InChI=1S/C18H21NS/c19-18(13-14-20-16-9-2-1-3-10-16)12-6-8-15-7-4-5-11-17(15)18/h1-5,7,9-11H,6,8,12-14,19H2. The molecule has 2 aromatic rings. The largest absolute Gasteiger partial charge is 0.321 e. The van der Waals surface area contributed by atoms with E-state index in [9.17, 15) is 0 Å². The van der Waals surface area contributed by atoms with Gasteiger partial charge >= 0.3 is 0 Å². The molecule has 1 unspecified atom stereocenters. The van der Waals surface area contributed by atoms with Crippen LogP contribution in [-0.4, -0.2) is 5.75 Å². The van der Waals surface area contributed by atoms with Gasteiger partial charge in [0.2, 0.25) is 0 Å². The molecule has 3 rings (SSSR count). The zero-order chi connectivity index (χ0) is 13.8. The fourth-order valence-corrected chi connectivity index (χ4v) is 4.13. The number of thioether (sulfide) groups is 1. The van der Waals surface area contributed by atoms with E-state index in [0.29, 0.717) is 0 Å². The summed E-state index contributed by atoms with van der Waals surface area (Å²) in [5.41, 5.74) is 9.42. The minimum atomic E-state index is -0.128. The van der Waals surface area contributed by atoms with Gasteiger partial charge in [-0.15, -0.1) is 11.8 Å². The molecule has 0 aliphatic heterocycles. The van der Waals surface area contributed by atoms with E-state index in [0.717, 1.165) is 18.6 Å². The van der Waals surface area contributed by atoms with E-state index < -0.39 is 0 Å². The van der Waals surface area contributed by atoms with E-state index in [-0.39, 0.29) is 5.54 Å². The Morgan fingerprint density at radius 1 is 1.00 bits per heavy atom. The van der Waals surface area contributed by atoms with Crippen LogP contribution in [0.2, 0.25) is 0 Å². The number of fused-ring (bicyclic) bond motifs is 1. The summed E-state index contributed by atoms with van der Waals surface area (Å²) in [5.74, 6) is 1.08. The molecular formula is C18H21NS. The first-order chi connectivity index (χ1) is 9.78. The van der Waals surface area contributed by atoms with Crippen LogP contribution < -0.4 is 5.73 Å². The summed E-state index contributed by atoms with van der Waals surface area (Å²) in [4.78, 5) is 1.33. The van der Waals surface area contributed by atoms with Crippen LogP contribution in [0.15, 0.2) is 59.5 Å². The summed E-state index contributed by atoms with van der Waals surface area (Å²) in [7, 11) is 0. The number of nitrogens with two attached hydrogens (primary N) is 1. The van der Waals surface area contributed by atoms with Gasteiger partial charge in [0.05, 0.1) is 0 Å². The zero-order valence-electron chi connectivity index (χ0n) is 11.7. The Morgan fingerprint density at radius 3 is 2.60 bits per heavy atom. The molecule has 1 nitrogen and oxygen atoms in total. The molecule has 0 heterocycles. The smallest absolute Gasteiger partial charge is 0.0420 e. The number of aryl methyl sites for hydroxylation is 1. The third-order valence-corrected chi connectivity index (χ3v) is 5.20. The van der Waals surface area contributed by atoms with Crippen molar-refractivity contribution in [2.24, 2.45) is 5.73 Å². The van der Waals surface area contributed by atoms with Crippen LogP contribution in [0.25, 0.3) is 0 Å². The maximum Gasteiger partial charge on any atom is 0.0420 e. The minimum absolute atomic E-state index is 0.128. The van der Waals surface area contributed by atoms with Crippen LogP contribution in [0.3, 0.4) is 0 Å². The molecule has 0 saturated heterocycles. The normalized spacial score (nSPS) is 21.4. The van der Waals surface area contributed by atoms with Gasteiger partial charge in [-0.05, 0) is 48.9 Å². The third kappa shape index (κ3) is 2.92. The van der Waals surface area contributed by atoms with Crippen molar-refractivity contribution >= 4 is 11.8 Å². The lowest BCUT2D eigenvalue weighted by Gasteiger charge is -2.36. The Labute approximate surface area is 125 Å². The molecule has 0 saturated carbocycles. The third-order valence-electron chi connectivity index (χ3n) is 4.18. The van der Waals surface area contributed by atoms with E-state index in [1.165, 1.54) is 28.9 Å². The first-order valence-electron chi connectivity index (χ1n) is 7.33. The van der Waals surface area contributed by atoms with Crippen LogP contribution in [0, 0.1) is 0 Å². The van der Waals surface area contributed by atoms with Crippen molar-refractivity contribution in [1.29, 1.82) is 0 Å². The molecule has 0 bridgehead atoms. The second-order valence-corrected chi connectivity index (χ2v) is 6.75. The second-order valence-electron chi connectivity index (χ2n) is 5.58. The monoisotopic (exact) mass is 283 g/mol. The molecule has 1 aliphatic carbocycles. The fraction of sp³-hybridized carbons (Fsp3) is 0.333. The summed E-state index contributed by atoms with van der Waals surface area (Å²) >= 11 is 1.91. The van der Waals surface area contributed by atoms with E-state index in [1.807, 2.05) is 11.8 Å². The molecule has 1 aliphatic rings. The highest BCUT2D eigenvalue weighted by Crippen LogP contribution is 2.37. The van der Waals surface area contributed by atoms with Gasteiger partial charge in [0.25, 0.3) is 0 Å². The highest BCUT2D eigenvalue weighted by molar-refractivity contribution is 7.99. The first-order valence-corrected chi connectivity index (χ1v) is 8.32. The van der Waals surface area contributed by atoms with Crippen LogP contribution in [0.1, 0.15) is 30.4 Å². The topological polar surface area (TPSA) is 26.0 Å². The van der Waals surface area contributed by atoms with Crippen molar-refractivity contribution < 1.29 is 0 Å². The Bertz CT molecular complexity index is 567. The van der Waals surface area contributed by atoms with Crippen molar-refractivity contribution in [2.75, 3.05) is 5.75 Å². The van der Waals surface area contributed by atoms with Crippen molar-refractivity contribution in [3.63, 3.8) is 0 Å². The molecule has 2 N–H and O–H groups in total. The highest BCUT2D eigenvalue weighted by Gasteiger charge is 2.31. The molecule has 20 heavy (non-hydrogen) atoms. The summed E-state index contributed by atoms with van der Waals surface area (Å²) < 4.78 is 0. The van der Waals surface area contributed by atoms with Crippen molar-refractivity contribution in [3.8, 4) is 0 Å². The van der Waals surface area contributed by atoms with Crippen LogP contribution in [0.5, 0.6) is 0 Å². The van der Waals surface area contributed by atoms with Crippen LogP contribution in [0.4, 0.5) is 0 Å². The predicted octanol–water partition coefficient (Wildman–Crippen LogP) is 4.36. The maximum atomic E-state index is 6.72.